The van der Waals surface area contributed by atoms with Gasteiger partial charge >= 0.3 is 6.03 Å². The first-order chi connectivity index (χ1) is 14.1. The van der Waals surface area contributed by atoms with Crippen LogP contribution in [0.1, 0.15) is 43.7 Å². The van der Waals surface area contributed by atoms with Crippen molar-refractivity contribution in [3.05, 3.63) is 35.9 Å². The van der Waals surface area contributed by atoms with E-state index in [1.165, 1.54) is 0 Å². The van der Waals surface area contributed by atoms with Gasteiger partial charge < -0.3 is 15.1 Å². The van der Waals surface area contributed by atoms with Crippen molar-refractivity contribution < 1.29 is 19.2 Å². The molecule has 0 bridgehead atoms. The Morgan fingerprint density at radius 1 is 1.00 bits per heavy atom. The number of benzene rings is 1. The van der Waals surface area contributed by atoms with Gasteiger partial charge in [0.2, 0.25) is 11.8 Å². The van der Waals surface area contributed by atoms with Gasteiger partial charge in [0.15, 0.2) is 0 Å². The SMILES string of the molecule is O=C(C1CCCN1C(=O)CCN1C(=O)NC(c2ccccc2)C1=O)N1CCCC1. The fourth-order valence-corrected chi connectivity index (χ4v) is 4.42. The van der Waals surface area contributed by atoms with Crippen LogP contribution in [0, 0.1) is 0 Å². The van der Waals surface area contributed by atoms with E-state index in [1.54, 1.807) is 17.0 Å². The largest absolute Gasteiger partial charge is 0.341 e. The summed E-state index contributed by atoms with van der Waals surface area (Å²) in [6.45, 7) is 2.10. The van der Waals surface area contributed by atoms with Crippen LogP contribution in [0.5, 0.6) is 0 Å². The minimum Gasteiger partial charge on any atom is -0.341 e. The van der Waals surface area contributed by atoms with Crippen molar-refractivity contribution in [2.45, 2.75) is 44.2 Å². The highest BCUT2D eigenvalue weighted by molar-refractivity contribution is 6.04. The van der Waals surface area contributed by atoms with Crippen LogP contribution in [-0.2, 0) is 14.4 Å². The molecule has 0 aromatic heterocycles. The Hall–Kier alpha value is -2.90. The van der Waals surface area contributed by atoms with E-state index >= 15 is 0 Å². The van der Waals surface area contributed by atoms with Gasteiger partial charge in [-0.2, -0.15) is 0 Å². The highest BCUT2D eigenvalue weighted by Gasteiger charge is 2.40. The molecule has 154 valence electrons. The minimum absolute atomic E-state index is 0.0218. The number of rotatable bonds is 5. The molecule has 1 aromatic carbocycles. The number of imide groups is 1. The van der Waals surface area contributed by atoms with Crippen molar-refractivity contribution >= 4 is 23.8 Å². The van der Waals surface area contributed by atoms with Crippen LogP contribution in [0.15, 0.2) is 30.3 Å². The van der Waals surface area contributed by atoms with E-state index in [4.69, 9.17) is 0 Å². The third-order valence-corrected chi connectivity index (χ3v) is 5.98. The van der Waals surface area contributed by atoms with Gasteiger partial charge in [0.25, 0.3) is 5.91 Å². The predicted octanol–water partition coefficient (Wildman–Crippen LogP) is 1.28. The Morgan fingerprint density at radius 2 is 1.72 bits per heavy atom. The molecule has 8 nitrogen and oxygen atoms in total. The van der Waals surface area contributed by atoms with E-state index in [0.717, 1.165) is 42.8 Å². The van der Waals surface area contributed by atoms with E-state index < -0.39 is 18.1 Å². The first-order valence-electron chi connectivity index (χ1n) is 10.3. The number of hydrogen-bond donors (Lipinski definition) is 1. The lowest BCUT2D eigenvalue weighted by atomic mass is 10.1. The zero-order valence-electron chi connectivity index (χ0n) is 16.4. The molecule has 3 saturated heterocycles. The van der Waals surface area contributed by atoms with Gasteiger partial charge in [-0.05, 0) is 31.2 Å². The third kappa shape index (κ3) is 3.83. The summed E-state index contributed by atoms with van der Waals surface area (Å²) >= 11 is 0. The molecule has 8 heteroatoms. The molecule has 2 unspecified atom stereocenters. The van der Waals surface area contributed by atoms with Crippen LogP contribution in [0.25, 0.3) is 0 Å². The number of hydrogen-bond acceptors (Lipinski definition) is 4. The van der Waals surface area contributed by atoms with E-state index in [2.05, 4.69) is 5.32 Å². The summed E-state index contributed by atoms with van der Waals surface area (Å²) < 4.78 is 0. The van der Waals surface area contributed by atoms with Crippen molar-refractivity contribution in [1.82, 2.24) is 20.0 Å². The van der Waals surface area contributed by atoms with Crippen molar-refractivity contribution in [2.75, 3.05) is 26.2 Å². The van der Waals surface area contributed by atoms with Crippen molar-refractivity contribution in [3.63, 3.8) is 0 Å². The number of amides is 5. The van der Waals surface area contributed by atoms with Crippen LogP contribution in [-0.4, -0.2) is 70.7 Å². The molecule has 3 aliphatic heterocycles. The second kappa shape index (κ2) is 8.23. The monoisotopic (exact) mass is 398 g/mol. The molecule has 2 atom stereocenters. The first-order valence-corrected chi connectivity index (χ1v) is 10.3. The van der Waals surface area contributed by atoms with Gasteiger partial charge in [-0.1, -0.05) is 30.3 Å². The average Bonchev–Trinajstić information content (AvgIpc) is 3.48. The molecule has 5 amide bonds. The Balaban J connectivity index is 1.36. The molecule has 29 heavy (non-hydrogen) atoms. The van der Waals surface area contributed by atoms with Crippen molar-refractivity contribution in [1.29, 1.82) is 0 Å². The normalized spacial score (nSPS) is 24.3. The number of nitrogens with one attached hydrogen (secondary N) is 1. The van der Waals surface area contributed by atoms with Gasteiger partial charge in [0.05, 0.1) is 0 Å². The summed E-state index contributed by atoms with van der Waals surface area (Å²) in [5, 5.41) is 2.68. The topological polar surface area (TPSA) is 90.0 Å². The highest BCUT2D eigenvalue weighted by atomic mass is 16.2. The molecule has 0 aliphatic carbocycles. The Labute approximate surface area is 169 Å². The Bertz CT molecular complexity index is 806. The zero-order valence-corrected chi connectivity index (χ0v) is 16.4. The van der Waals surface area contributed by atoms with Crippen LogP contribution in [0.4, 0.5) is 4.79 Å². The second-order valence-electron chi connectivity index (χ2n) is 7.81. The number of nitrogens with zero attached hydrogens (tertiary/aromatic N) is 3. The van der Waals surface area contributed by atoms with Gasteiger partial charge in [0.1, 0.15) is 12.1 Å². The summed E-state index contributed by atoms with van der Waals surface area (Å²) in [7, 11) is 0. The van der Waals surface area contributed by atoms with Crippen LogP contribution < -0.4 is 5.32 Å². The summed E-state index contributed by atoms with van der Waals surface area (Å²) in [4.78, 5) is 55.0. The molecular weight excluding hydrogens is 372 g/mol. The summed E-state index contributed by atoms with van der Waals surface area (Å²) in [5.41, 5.74) is 0.718. The molecule has 1 N–H and O–H groups in total. The third-order valence-electron chi connectivity index (χ3n) is 5.98. The Morgan fingerprint density at radius 3 is 2.45 bits per heavy atom. The van der Waals surface area contributed by atoms with E-state index in [0.29, 0.717) is 13.0 Å². The number of urea groups is 1. The minimum atomic E-state index is -0.713. The van der Waals surface area contributed by atoms with Crippen LogP contribution >= 0.6 is 0 Å². The molecule has 1 aromatic rings. The Kier molecular flexibility index (Phi) is 5.51. The maximum Gasteiger partial charge on any atom is 0.325 e. The fraction of sp³-hybridized carbons (Fsp3) is 0.524. The maximum atomic E-state index is 12.8. The van der Waals surface area contributed by atoms with Crippen LogP contribution in [0.2, 0.25) is 0 Å². The number of likely N-dealkylation sites (tertiary alicyclic amines) is 2. The molecule has 3 heterocycles. The molecule has 4 rings (SSSR count). The van der Waals surface area contributed by atoms with Gasteiger partial charge in [-0.3, -0.25) is 19.3 Å². The summed E-state index contributed by atoms with van der Waals surface area (Å²) in [6, 6.07) is 7.44. The van der Waals surface area contributed by atoms with Crippen LogP contribution in [0.3, 0.4) is 0 Å². The van der Waals surface area contributed by atoms with Gasteiger partial charge in [-0.15, -0.1) is 0 Å². The van der Waals surface area contributed by atoms with Crippen molar-refractivity contribution in [2.24, 2.45) is 0 Å². The van der Waals surface area contributed by atoms with E-state index in [9.17, 15) is 19.2 Å². The first kappa shape index (κ1) is 19.4. The smallest absolute Gasteiger partial charge is 0.325 e. The van der Waals surface area contributed by atoms with E-state index in [1.807, 2.05) is 23.1 Å². The molecule has 3 fully saturated rings. The lowest BCUT2D eigenvalue weighted by Gasteiger charge is -2.28. The molecule has 0 spiro atoms. The van der Waals surface area contributed by atoms with E-state index in [-0.39, 0.29) is 30.7 Å². The quantitative estimate of drug-likeness (QED) is 0.757. The lowest BCUT2D eigenvalue weighted by molar-refractivity contribution is -0.143. The highest BCUT2D eigenvalue weighted by Crippen LogP contribution is 2.24. The molecule has 0 saturated carbocycles. The average molecular weight is 398 g/mol. The number of carbonyl (C=O) groups excluding carboxylic acids is 4. The van der Waals surface area contributed by atoms with Gasteiger partial charge in [0, 0.05) is 32.6 Å². The summed E-state index contributed by atoms with van der Waals surface area (Å²) in [5.74, 6) is -0.489. The lowest BCUT2D eigenvalue weighted by Crippen LogP contribution is -2.47. The second-order valence-corrected chi connectivity index (χ2v) is 7.81. The zero-order chi connectivity index (χ0) is 20.4. The number of carbonyl (C=O) groups is 4. The van der Waals surface area contributed by atoms with Crippen molar-refractivity contribution in [3.8, 4) is 0 Å². The molecule has 3 aliphatic rings. The predicted molar refractivity (Wildman–Crippen MR) is 105 cm³/mol. The summed E-state index contributed by atoms with van der Waals surface area (Å²) in [6.07, 6.45) is 3.54. The van der Waals surface area contributed by atoms with Gasteiger partial charge in [-0.25, -0.2) is 4.79 Å². The standard InChI is InChI=1S/C21H26N4O4/c26-17(24-13-6-9-16(24)19(27)23-11-4-5-12-23)10-14-25-20(28)18(22-21(25)29)15-7-2-1-3-8-15/h1-3,7-8,16,18H,4-6,9-14H2,(H,22,29). The maximum absolute atomic E-state index is 12.8. The molecular formula is C21H26N4O4. The fourth-order valence-electron chi connectivity index (χ4n) is 4.42. The molecule has 0 radical (unpaired) electrons.